The molecule has 0 aliphatic carbocycles. The van der Waals surface area contributed by atoms with Gasteiger partial charge in [0.05, 0.1) is 32.0 Å². The van der Waals surface area contributed by atoms with Gasteiger partial charge in [0.25, 0.3) is 0 Å². The smallest absolute Gasteiger partial charge is 0.220 e. The minimum atomic E-state index is -1.80. The molecule has 0 aromatic rings. The molecule has 0 spiro atoms. The van der Waals surface area contributed by atoms with Crippen molar-refractivity contribution < 1.29 is 64.6 Å². The molecule has 12 unspecified atom stereocenters. The molecule has 2 fully saturated rings. The fourth-order valence-electron chi connectivity index (χ4n) is 7.22. The van der Waals surface area contributed by atoms with Crippen LogP contribution in [0.3, 0.4) is 0 Å². The predicted octanol–water partition coefficient (Wildman–Crippen LogP) is 5.26. The highest BCUT2D eigenvalue weighted by Gasteiger charge is 2.50. The lowest BCUT2D eigenvalue weighted by atomic mass is 9.97. The lowest BCUT2D eigenvalue weighted by Crippen LogP contribution is -2.65. The minimum absolute atomic E-state index is 0.246. The Kier molecular flexibility index (Phi) is 32.0. The van der Waals surface area contributed by atoms with Gasteiger partial charge in [-0.15, -0.1) is 0 Å². The van der Waals surface area contributed by atoms with Crippen molar-refractivity contribution in [2.24, 2.45) is 0 Å². The van der Waals surface area contributed by atoms with Crippen LogP contribution in [0.5, 0.6) is 0 Å². The fourth-order valence-corrected chi connectivity index (χ4v) is 7.22. The first-order valence-electron chi connectivity index (χ1n) is 23.7. The Hall–Kier alpha value is -2.57. The van der Waals surface area contributed by atoms with E-state index in [1.807, 2.05) is 6.08 Å². The SMILES string of the molecule is CC/C=C\C/C=C\C/C=C\CCCCCCCC(=O)NC(COC1OC(CO)C(OC2OC(CO)C(O)C(O)C2O)C(O)C1O)C(O)/C=C/CC/C=C/CC/C=C/CCCCCC. The molecule has 1 amide bonds. The van der Waals surface area contributed by atoms with Gasteiger partial charge in [-0.1, -0.05) is 125 Å². The maximum Gasteiger partial charge on any atom is 0.220 e. The van der Waals surface area contributed by atoms with Gasteiger partial charge >= 0.3 is 0 Å². The first kappa shape index (κ1) is 56.6. The second kappa shape index (κ2) is 35.7. The molecule has 9 N–H and O–H groups in total. The summed E-state index contributed by atoms with van der Waals surface area (Å²) in [6.45, 7) is 2.57. The molecule has 2 aliphatic heterocycles. The van der Waals surface area contributed by atoms with Crippen LogP contribution in [-0.2, 0) is 23.7 Å². The molecule has 0 aromatic heterocycles. The maximum atomic E-state index is 13.1. The lowest BCUT2D eigenvalue weighted by Gasteiger charge is -2.46. The van der Waals surface area contributed by atoms with Gasteiger partial charge in [0, 0.05) is 6.42 Å². The largest absolute Gasteiger partial charge is 0.394 e. The monoisotopic (exact) mass is 894 g/mol. The summed E-state index contributed by atoms with van der Waals surface area (Å²) < 4.78 is 22.6. The van der Waals surface area contributed by atoms with Crippen LogP contribution in [0, 0.1) is 0 Å². The molecule has 63 heavy (non-hydrogen) atoms. The average molecular weight is 894 g/mol. The number of ether oxygens (including phenoxy) is 4. The van der Waals surface area contributed by atoms with E-state index in [1.165, 1.54) is 25.7 Å². The second-order valence-electron chi connectivity index (χ2n) is 16.5. The highest BCUT2D eigenvalue weighted by atomic mass is 16.7. The third-order valence-corrected chi connectivity index (χ3v) is 11.1. The maximum absolute atomic E-state index is 13.1. The molecule has 14 nitrogen and oxygen atoms in total. The van der Waals surface area contributed by atoms with Gasteiger partial charge in [0.1, 0.15) is 48.8 Å². The zero-order valence-electron chi connectivity index (χ0n) is 38.0. The van der Waals surface area contributed by atoms with E-state index < -0.39 is 86.8 Å². The van der Waals surface area contributed by atoms with E-state index in [9.17, 15) is 45.6 Å². The van der Waals surface area contributed by atoms with Crippen LogP contribution >= 0.6 is 0 Å². The predicted molar refractivity (Wildman–Crippen MR) is 244 cm³/mol. The number of hydrogen-bond acceptors (Lipinski definition) is 13. The third-order valence-electron chi connectivity index (χ3n) is 11.1. The quantitative estimate of drug-likeness (QED) is 0.0297. The van der Waals surface area contributed by atoms with Gasteiger partial charge in [-0.25, -0.2) is 0 Å². The normalized spacial score (nSPS) is 28.2. The standard InChI is InChI=1S/C49H83NO13/c1-3-5-7-9-11-13-15-17-19-21-23-25-27-29-31-33-41(54)50-37(38(53)32-30-28-26-24-22-20-18-16-14-12-10-8-6-4-2)36-60-48-46(59)44(57)47(40(35-52)62-48)63-49-45(58)43(56)42(55)39(34-51)61-49/h5,7,11,13-14,16-17,19,22,24,30,32,37-40,42-49,51-53,55-59H,3-4,6,8-10,12,15,18,20-21,23,25-29,31,33-36H2,1-2H3,(H,50,54)/b7-5-,13-11-,16-14+,19-17-,24-22+,32-30+. The Morgan fingerprint density at radius 1 is 0.587 bits per heavy atom. The summed E-state index contributed by atoms with van der Waals surface area (Å²) >= 11 is 0. The average Bonchev–Trinajstić information content (AvgIpc) is 3.28. The summed E-state index contributed by atoms with van der Waals surface area (Å²) in [5.41, 5.74) is 0. The summed E-state index contributed by atoms with van der Waals surface area (Å²) in [5, 5.41) is 86.5. The van der Waals surface area contributed by atoms with Gasteiger partial charge in [0.15, 0.2) is 12.6 Å². The summed E-state index contributed by atoms with van der Waals surface area (Å²) in [5.74, 6) is -0.276. The van der Waals surface area contributed by atoms with Gasteiger partial charge in [0.2, 0.25) is 5.91 Å². The lowest BCUT2D eigenvalue weighted by molar-refractivity contribution is -0.359. The zero-order valence-corrected chi connectivity index (χ0v) is 38.0. The number of allylic oxidation sites excluding steroid dienone is 11. The Morgan fingerprint density at radius 2 is 1.11 bits per heavy atom. The molecule has 0 saturated carbocycles. The number of amides is 1. The van der Waals surface area contributed by atoms with Crippen LogP contribution in [-0.4, -0.2) is 140 Å². The van der Waals surface area contributed by atoms with E-state index in [0.717, 1.165) is 77.0 Å². The Labute approximate surface area is 377 Å². The van der Waals surface area contributed by atoms with Crippen molar-refractivity contribution >= 4 is 5.91 Å². The first-order valence-corrected chi connectivity index (χ1v) is 23.7. The number of unbranched alkanes of at least 4 members (excludes halogenated alkanes) is 11. The molecule has 0 radical (unpaired) electrons. The van der Waals surface area contributed by atoms with Gasteiger partial charge in [-0.05, 0) is 77.0 Å². The van der Waals surface area contributed by atoms with Gasteiger partial charge < -0.3 is 65.1 Å². The van der Waals surface area contributed by atoms with E-state index in [1.54, 1.807) is 6.08 Å². The molecule has 2 rings (SSSR count). The number of hydrogen-bond donors (Lipinski definition) is 9. The molecule has 2 heterocycles. The zero-order chi connectivity index (χ0) is 46.1. The van der Waals surface area contributed by atoms with Crippen LogP contribution in [0.25, 0.3) is 0 Å². The van der Waals surface area contributed by atoms with Crippen molar-refractivity contribution in [1.29, 1.82) is 0 Å². The number of rotatable bonds is 34. The Bertz CT molecular complexity index is 1330. The summed E-state index contributed by atoms with van der Waals surface area (Å²) in [4.78, 5) is 13.1. The van der Waals surface area contributed by atoms with Crippen LogP contribution in [0.2, 0.25) is 0 Å². The Morgan fingerprint density at radius 3 is 1.75 bits per heavy atom. The number of nitrogens with one attached hydrogen (secondary N) is 1. The number of aliphatic hydroxyl groups excluding tert-OH is 8. The van der Waals surface area contributed by atoms with Gasteiger partial charge in [-0.2, -0.15) is 0 Å². The highest BCUT2D eigenvalue weighted by Crippen LogP contribution is 2.30. The van der Waals surface area contributed by atoms with Crippen molar-refractivity contribution in [2.75, 3.05) is 19.8 Å². The number of carbonyl (C=O) groups excluding carboxylic acids is 1. The third kappa shape index (κ3) is 23.4. The van der Waals surface area contributed by atoms with Crippen molar-refractivity contribution in [3.05, 3.63) is 72.9 Å². The van der Waals surface area contributed by atoms with Crippen LogP contribution in [0.4, 0.5) is 0 Å². The van der Waals surface area contributed by atoms with Crippen molar-refractivity contribution in [3.63, 3.8) is 0 Å². The van der Waals surface area contributed by atoms with E-state index in [0.29, 0.717) is 12.8 Å². The molecule has 14 heteroatoms. The first-order chi connectivity index (χ1) is 30.6. The second-order valence-corrected chi connectivity index (χ2v) is 16.5. The van der Waals surface area contributed by atoms with Gasteiger partial charge in [-0.3, -0.25) is 4.79 Å². The molecular weight excluding hydrogens is 811 g/mol. The highest BCUT2D eigenvalue weighted by molar-refractivity contribution is 5.76. The summed E-state index contributed by atoms with van der Waals surface area (Å²) in [7, 11) is 0. The minimum Gasteiger partial charge on any atom is -0.394 e. The number of carbonyl (C=O) groups is 1. The van der Waals surface area contributed by atoms with Crippen molar-refractivity contribution in [1.82, 2.24) is 5.32 Å². The molecule has 0 bridgehead atoms. The summed E-state index contributed by atoms with van der Waals surface area (Å²) in [6, 6.07) is -0.948. The molecule has 2 aliphatic rings. The van der Waals surface area contributed by atoms with E-state index in [-0.39, 0.29) is 18.9 Å². The molecular formula is C49H83NO13. The fraction of sp³-hybridized carbons (Fsp3) is 0.735. The van der Waals surface area contributed by atoms with Crippen LogP contribution in [0.15, 0.2) is 72.9 Å². The van der Waals surface area contributed by atoms with Crippen LogP contribution in [0.1, 0.15) is 136 Å². The van der Waals surface area contributed by atoms with E-state index in [2.05, 4.69) is 79.9 Å². The molecule has 0 aromatic carbocycles. The number of aliphatic hydroxyl groups is 8. The van der Waals surface area contributed by atoms with Crippen molar-refractivity contribution in [2.45, 2.75) is 209 Å². The van der Waals surface area contributed by atoms with E-state index >= 15 is 0 Å². The molecule has 2 saturated heterocycles. The topological polar surface area (TPSA) is 228 Å². The Balaban J connectivity index is 1.92. The molecule has 362 valence electrons. The van der Waals surface area contributed by atoms with Crippen molar-refractivity contribution in [3.8, 4) is 0 Å². The van der Waals surface area contributed by atoms with E-state index in [4.69, 9.17) is 18.9 Å². The van der Waals surface area contributed by atoms with Crippen LogP contribution < -0.4 is 5.32 Å². The molecule has 12 atom stereocenters. The summed E-state index contributed by atoms with van der Waals surface area (Å²) in [6.07, 6.45) is 26.6.